The number of amides is 7. The van der Waals surface area contributed by atoms with Crippen LogP contribution in [0.2, 0.25) is 5.02 Å². The second-order valence-corrected chi connectivity index (χ2v) is 24.0. The van der Waals surface area contributed by atoms with Crippen LogP contribution >= 0.6 is 11.6 Å². The highest BCUT2D eigenvalue weighted by molar-refractivity contribution is 6.30. The standard InChI is InChI=1S/C61H80ClN9O7/c1-36(63-10)53(72)67-51(60(4,5)6)58(77)70-34-44-20-13-12-19-43(44)31-50(70)57(76)69(38(3)42-22-16-23-45(62)30-42)33-39-26-28-41(29-27-39)55(74)65-46-32-49(56(75)66-48-25-17-21-40-18-14-15-24-47(40)48)71(35-46)59(78)52(61(7,8)9)68-54(73)37(2)64-11/h12-16,18-20,22-24,26-30,36-38,46,48-52,63-64H,17,21,25,31-35H2,1-11H3,(H,65,74)(H,66,75)(H,67,72)(H,68,73)/t36-,37-,38+,46-,48?,49?,50-,51+,52+/m0/s1. The number of fused-ring (bicyclic) bond motifs is 2. The summed E-state index contributed by atoms with van der Waals surface area (Å²) in [5.41, 5.74) is 4.48. The Balaban J connectivity index is 1.15. The lowest BCUT2D eigenvalue weighted by Crippen LogP contribution is -2.62. The number of rotatable bonds is 17. The maximum absolute atomic E-state index is 15.5. The minimum atomic E-state index is -0.973. The average molecular weight is 1090 g/mol. The van der Waals surface area contributed by atoms with Crippen molar-refractivity contribution < 1.29 is 33.6 Å². The molecule has 1 fully saturated rings. The van der Waals surface area contributed by atoms with Crippen molar-refractivity contribution in [2.24, 2.45) is 10.8 Å². The van der Waals surface area contributed by atoms with E-state index in [1.165, 1.54) is 10.5 Å². The molecule has 0 radical (unpaired) electrons. The number of hydrogen-bond donors (Lipinski definition) is 6. The zero-order valence-corrected chi connectivity index (χ0v) is 47.9. The van der Waals surface area contributed by atoms with Crippen LogP contribution in [0.25, 0.3) is 0 Å². The van der Waals surface area contributed by atoms with Gasteiger partial charge in [0.05, 0.1) is 24.2 Å². The topological polar surface area (TPSA) is 201 Å². The second kappa shape index (κ2) is 25.0. The number of benzene rings is 4. The first-order valence-electron chi connectivity index (χ1n) is 27.4. The van der Waals surface area contributed by atoms with Crippen LogP contribution in [-0.2, 0) is 54.7 Å². The zero-order chi connectivity index (χ0) is 56.8. The van der Waals surface area contributed by atoms with Crippen molar-refractivity contribution in [3.63, 3.8) is 0 Å². The van der Waals surface area contributed by atoms with E-state index in [1.54, 1.807) is 68.1 Å². The number of halogens is 1. The van der Waals surface area contributed by atoms with E-state index in [1.807, 2.05) is 109 Å². The normalized spacial score (nSPS) is 20.2. The Morgan fingerprint density at radius 3 is 1.85 bits per heavy atom. The fraction of sp³-hybridized carbons (Fsp3) is 0.492. The van der Waals surface area contributed by atoms with Crippen LogP contribution in [0.1, 0.15) is 137 Å². The molecule has 418 valence electrons. The van der Waals surface area contributed by atoms with Gasteiger partial charge >= 0.3 is 0 Å². The van der Waals surface area contributed by atoms with Gasteiger partial charge in [0.15, 0.2) is 0 Å². The summed E-state index contributed by atoms with van der Waals surface area (Å²) >= 11 is 6.54. The molecule has 4 aromatic rings. The lowest BCUT2D eigenvalue weighted by atomic mass is 9.84. The van der Waals surface area contributed by atoms with E-state index in [0.717, 1.165) is 41.5 Å². The molecule has 4 aromatic carbocycles. The number of carbonyl (C=O) groups is 7. The highest BCUT2D eigenvalue weighted by Gasteiger charge is 2.47. The van der Waals surface area contributed by atoms with Crippen LogP contribution in [0.4, 0.5) is 0 Å². The maximum Gasteiger partial charge on any atom is 0.251 e. The van der Waals surface area contributed by atoms with Crippen LogP contribution in [0.3, 0.4) is 0 Å². The van der Waals surface area contributed by atoms with Gasteiger partial charge in [-0.2, -0.15) is 0 Å². The second-order valence-electron chi connectivity index (χ2n) is 23.5. The van der Waals surface area contributed by atoms with E-state index in [0.29, 0.717) is 16.1 Å². The van der Waals surface area contributed by atoms with Crippen LogP contribution < -0.4 is 31.9 Å². The van der Waals surface area contributed by atoms with E-state index < -0.39 is 71.0 Å². The van der Waals surface area contributed by atoms with Crippen LogP contribution in [0.15, 0.2) is 97.1 Å². The monoisotopic (exact) mass is 1090 g/mol. The predicted octanol–water partition coefficient (Wildman–Crippen LogP) is 6.55. The first kappa shape index (κ1) is 59.0. The number of nitrogens with one attached hydrogen (secondary N) is 6. The Bertz CT molecular complexity index is 2850. The summed E-state index contributed by atoms with van der Waals surface area (Å²) in [6.45, 7) is 16.9. The summed E-state index contributed by atoms with van der Waals surface area (Å²) in [5, 5.41) is 18.7. The summed E-state index contributed by atoms with van der Waals surface area (Å²) in [4.78, 5) is 105. The number of nitrogens with zero attached hydrogens (tertiary/aromatic N) is 3. The molecule has 17 heteroatoms. The van der Waals surface area contributed by atoms with E-state index >= 15 is 4.79 Å². The molecular weight excluding hydrogens is 1010 g/mol. The van der Waals surface area contributed by atoms with Crippen LogP contribution in [0, 0.1) is 10.8 Å². The molecule has 7 rings (SSSR count). The quantitative estimate of drug-likeness (QED) is 0.0678. The van der Waals surface area contributed by atoms with Crippen molar-refractivity contribution in [3.05, 3.63) is 141 Å². The lowest BCUT2D eigenvalue weighted by molar-refractivity contribution is -0.152. The molecule has 6 N–H and O–H groups in total. The minimum absolute atomic E-state index is 0.0353. The number of carbonyl (C=O) groups excluding carboxylic acids is 7. The average Bonchev–Trinajstić information content (AvgIpc) is 3.97. The third-order valence-corrected chi connectivity index (χ3v) is 16.1. The first-order valence-corrected chi connectivity index (χ1v) is 27.7. The fourth-order valence-electron chi connectivity index (χ4n) is 10.8. The van der Waals surface area contributed by atoms with Crippen molar-refractivity contribution in [2.75, 3.05) is 20.6 Å². The van der Waals surface area contributed by atoms with Gasteiger partial charge in [-0.25, -0.2) is 0 Å². The number of likely N-dealkylation sites (N-methyl/N-ethyl adjacent to an activating group) is 2. The molecule has 78 heavy (non-hydrogen) atoms. The number of aryl methyl sites for hydroxylation is 1. The van der Waals surface area contributed by atoms with Gasteiger partial charge in [-0.1, -0.05) is 126 Å². The highest BCUT2D eigenvalue weighted by Crippen LogP contribution is 2.35. The Kier molecular flexibility index (Phi) is 18.9. The summed E-state index contributed by atoms with van der Waals surface area (Å²) < 4.78 is 0. The molecule has 0 aromatic heterocycles. The molecule has 0 bridgehead atoms. The largest absolute Gasteiger partial charge is 0.347 e. The van der Waals surface area contributed by atoms with Crippen LogP contribution in [0.5, 0.6) is 0 Å². The van der Waals surface area contributed by atoms with Gasteiger partial charge in [-0.15, -0.1) is 0 Å². The molecule has 2 unspecified atom stereocenters. The Morgan fingerprint density at radius 1 is 0.679 bits per heavy atom. The maximum atomic E-state index is 15.5. The highest BCUT2D eigenvalue weighted by atomic mass is 35.5. The summed E-state index contributed by atoms with van der Waals surface area (Å²) in [5.74, 6) is -2.51. The van der Waals surface area contributed by atoms with Crippen molar-refractivity contribution in [3.8, 4) is 0 Å². The smallest absolute Gasteiger partial charge is 0.251 e. The third kappa shape index (κ3) is 13.8. The molecule has 7 amide bonds. The Hall–Kier alpha value is -6.62. The molecule has 2 heterocycles. The van der Waals surface area contributed by atoms with Gasteiger partial charge in [0.25, 0.3) is 5.91 Å². The van der Waals surface area contributed by atoms with Gasteiger partial charge in [-0.05, 0) is 129 Å². The van der Waals surface area contributed by atoms with Gasteiger partial charge in [0.1, 0.15) is 24.2 Å². The summed E-state index contributed by atoms with van der Waals surface area (Å²) in [6.07, 6.45) is 2.96. The van der Waals surface area contributed by atoms with E-state index in [4.69, 9.17) is 11.6 Å². The van der Waals surface area contributed by atoms with Crippen LogP contribution in [-0.4, -0.2) is 119 Å². The van der Waals surface area contributed by atoms with Crippen molar-refractivity contribution in [2.45, 2.75) is 162 Å². The summed E-state index contributed by atoms with van der Waals surface area (Å²) in [6, 6.07) is 23.8. The number of hydrogen-bond acceptors (Lipinski definition) is 9. The Labute approximate surface area is 465 Å². The molecule has 1 aliphatic carbocycles. The molecule has 0 spiro atoms. The Morgan fingerprint density at radius 2 is 1.26 bits per heavy atom. The van der Waals surface area contributed by atoms with Gasteiger partial charge in [-0.3, -0.25) is 33.6 Å². The van der Waals surface area contributed by atoms with Crippen molar-refractivity contribution >= 4 is 53.0 Å². The minimum Gasteiger partial charge on any atom is -0.347 e. The SMILES string of the molecule is CN[C@@H](C)C(=O)N[C@H](C(=O)N1C[C@@H](NC(=O)c2ccc(CN(C(=O)[C@@H]3Cc4ccccc4CN3C(=O)[C@@H](NC(=O)[C@H](C)NC)C(C)(C)C)[C@H](C)c3cccc(Cl)c3)cc2)CC1C(=O)NC1CCCc2ccccc21)C(C)(C)C. The van der Waals surface area contributed by atoms with Gasteiger partial charge in [0, 0.05) is 42.7 Å². The van der Waals surface area contributed by atoms with E-state index in [9.17, 15) is 28.8 Å². The molecule has 3 aliphatic rings. The van der Waals surface area contributed by atoms with Gasteiger partial charge < -0.3 is 46.6 Å². The molecule has 9 atom stereocenters. The van der Waals surface area contributed by atoms with E-state index in [-0.39, 0.29) is 68.1 Å². The van der Waals surface area contributed by atoms with Crippen molar-refractivity contribution in [1.82, 2.24) is 46.6 Å². The molecule has 1 saturated heterocycles. The molecule has 0 saturated carbocycles. The lowest BCUT2D eigenvalue weighted by Gasteiger charge is -2.43. The van der Waals surface area contributed by atoms with E-state index in [2.05, 4.69) is 38.0 Å². The third-order valence-electron chi connectivity index (χ3n) is 15.8. The fourth-order valence-corrected chi connectivity index (χ4v) is 11.0. The number of likely N-dealkylation sites (tertiary alicyclic amines) is 1. The van der Waals surface area contributed by atoms with Crippen molar-refractivity contribution in [1.29, 1.82) is 0 Å². The first-order chi connectivity index (χ1) is 36.9. The molecule has 16 nitrogen and oxygen atoms in total. The molecular formula is C61H80ClN9O7. The zero-order valence-electron chi connectivity index (χ0n) is 47.2. The molecule has 2 aliphatic heterocycles. The van der Waals surface area contributed by atoms with Gasteiger partial charge in [0.2, 0.25) is 35.4 Å². The predicted molar refractivity (Wildman–Crippen MR) is 303 cm³/mol. The summed E-state index contributed by atoms with van der Waals surface area (Å²) in [7, 11) is 3.34.